The number of carboxylic acids is 1. The Morgan fingerprint density at radius 2 is 2.05 bits per heavy atom. The molecule has 0 radical (unpaired) electrons. The molecule has 0 aliphatic heterocycles. The number of aryl methyl sites for hydroxylation is 1. The molecule has 0 fully saturated rings. The standard InChI is InChI=1S/C15H13BrN2O3/c16-13-6-5-11(9-17-13)15(21)18-12-3-1-2-10(8-12)4-7-14(19)20/h1-3,5-6,8-9H,4,7H2,(H,18,21)(H,19,20). The summed E-state index contributed by atoms with van der Waals surface area (Å²) in [5.74, 6) is -1.10. The van der Waals surface area contributed by atoms with Gasteiger partial charge in [0, 0.05) is 18.3 Å². The van der Waals surface area contributed by atoms with E-state index in [1.807, 2.05) is 6.07 Å². The first-order valence-electron chi connectivity index (χ1n) is 6.28. The van der Waals surface area contributed by atoms with Crippen LogP contribution in [0.25, 0.3) is 0 Å². The van der Waals surface area contributed by atoms with Crippen molar-refractivity contribution in [2.45, 2.75) is 12.8 Å². The molecule has 1 aromatic heterocycles. The van der Waals surface area contributed by atoms with E-state index in [-0.39, 0.29) is 12.3 Å². The first-order valence-corrected chi connectivity index (χ1v) is 7.07. The highest BCUT2D eigenvalue weighted by Crippen LogP contribution is 2.14. The van der Waals surface area contributed by atoms with E-state index in [9.17, 15) is 9.59 Å². The van der Waals surface area contributed by atoms with Crippen molar-refractivity contribution in [3.05, 3.63) is 58.3 Å². The van der Waals surface area contributed by atoms with Crippen LogP contribution in [0.1, 0.15) is 22.3 Å². The molecule has 0 atom stereocenters. The van der Waals surface area contributed by atoms with E-state index in [1.54, 1.807) is 30.3 Å². The number of halogens is 1. The molecule has 2 aromatic rings. The van der Waals surface area contributed by atoms with Gasteiger partial charge in [0.25, 0.3) is 5.91 Å². The Morgan fingerprint density at radius 3 is 2.71 bits per heavy atom. The summed E-state index contributed by atoms with van der Waals surface area (Å²) in [4.78, 5) is 26.6. The van der Waals surface area contributed by atoms with Crippen molar-refractivity contribution in [3.8, 4) is 0 Å². The zero-order valence-electron chi connectivity index (χ0n) is 11.0. The van der Waals surface area contributed by atoms with Crippen LogP contribution in [-0.2, 0) is 11.2 Å². The van der Waals surface area contributed by atoms with Crippen molar-refractivity contribution in [1.82, 2.24) is 4.98 Å². The molecule has 5 nitrogen and oxygen atoms in total. The number of aliphatic carboxylic acids is 1. The van der Waals surface area contributed by atoms with Gasteiger partial charge in [0.15, 0.2) is 0 Å². The molecule has 0 spiro atoms. The van der Waals surface area contributed by atoms with Crippen LogP contribution in [-0.4, -0.2) is 22.0 Å². The molecule has 0 aliphatic carbocycles. The van der Waals surface area contributed by atoms with E-state index in [2.05, 4.69) is 26.2 Å². The lowest BCUT2D eigenvalue weighted by Gasteiger charge is -2.07. The minimum Gasteiger partial charge on any atom is -0.481 e. The van der Waals surface area contributed by atoms with E-state index in [1.165, 1.54) is 6.20 Å². The number of aromatic nitrogens is 1. The van der Waals surface area contributed by atoms with Gasteiger partial charge in [-0.15, -0.1) is 0 Å². The van der Waals surface area contributed by atoms with Gasteiger partial charge in [0.05, 0.1) is 5.56 Å². The molecule has 1 heterocycles. The number of nitrogens with one attached hydrogen (secondary N) is 1. The summed E-state index contributed by atoms with van der Waals surface area (Å²) in [6, 6.07) is 10.5. The quantitative estimate of drug-likeness (QED) is 0.813. The van der Waals surface area contributed by atoms with E-state index >= 15 is 0 Å². The Morgan fingerprint density at radius 1 is 1.24 bits per heavy atom. The van der Waals surface area contributed by atoms with E-state index in [4.69, 9.17) is 5.11 Å². The van der Waals surface area contributed by atoms with Crippen molar-refractivity contribution < 1.29 is 14.7 Å². The fourth-order valence-electron chi connectivity index (χ4n) is 1.77. The summed E-state index contributed by atoms with van der Waals surface area (Å²) in [6.45, 7) is 0. The number of nitrogens with zero attached hydrogens (tertiary/aromatic N) is 1. The topological polar surface area (TPSA) is 79.3 Å². The Kier molecular flexibility index (Phi) is 5.05. The lowest BCUT2D eigenvalue weighted by atomic mass is 10.1. The van der Waals surface area contributed by atoms with Crippen molar-refractivity contribution in [1.29, 1.82) is 0 Å². The molecule has 108 valence electrons. The SMILES string of the molecule is O=C(O)CCc1cccc(NC(=O)c2ccc(Br)nc2)c1. The van der Waals surface area contributed by atoms with Crippen molar-refractivity contribution in [3.63, 3.8) is 0 Å². The molecule has 2 rings (SSSR count). The summed E-state index contributed by atoms with van der Waals surface area (Å²) in [5, 5.41) is 11.4. The summed E-state index contributed by atoms with van der Waals surface area (Å²) < 4.78 is 0.662. The number of carbonyl (C=O) groups excluding carboxylic acids is 1. The average molecular weight is 349 g/mol. The van der Waals surface area contributed by atoms with Gasteiger partial charge in [0.1, 0.15) is 4.60 Å². The lowest BCUT2D eigenvalue weighted by Crippen LogP contribution is -2.12. The maximum atomic E-state index is 12.0. The van der Waals surface area contributed by atoms with Crippen LogP contribution < -0.4 is 5.32 Å². The number of pyridine rings is 1. The molecule has 0 aliphatic rings. The second-order valence-corrected chi connectivity index (χ2v) is 5.23. The third-order valence-electron chi connectivity index (χ3n) is 2.80. The first kappa shape index (κ1) is 15.2. The van der Waals surface area contributed by atoms with Crippen LogP contribution in [0.3, 0.4) is 0 Å². The van der Waals surface area contributed by atoms with Gasteiger partial charge in [-0.25, -0.2) is 4.98 Å². The van der Waals surface area contributed by atoms with Crippen LogP contribution >= 0.6 is 15.9 Å². The Balaban J connectivity index is 2.05. The number of hydrogen-bond donors (Lipinski definition) is 2. The van der Waals surface area contributed by atoms with Crippen LogP contribution in [0.2, 0.25) is 0 Å². The first-order chi connectivity index (χ1) is 10.0. The van der Waals surface area contributed by atoms with Crippen molar-refractivity contribution in [2.75, 3.05) is 5.32 Å². The van der Waals surface area contributed by atoms with Crippen LogP contribution in [0.4, 0.5) is 5.69 Å². The molecule has 0 bridgehead atoms. The second-order valence-electron chi connectivity index (χ2n) is 4.42. The molecule has 2 N–H and O–H groups in total. The van der Waals surface area contributed by atoms with Gasteiger partial charge in [-0.05, 0) is 52.2 Å². The van der Waals surface area contributed by atoms with Gasteiger partial charge < -0.3 is 10.4 Å². The molecule has 6 heteroatoms. The number of amides is 1. The molecule has 21 heavy (non-hydrogen) atoms. The zero-order chi connectivity index (χ0) is 15.2. The van der Waals surface area contributed by atoms with Gasteiger partial charge in [0.2, 0.25) is 0 Å². The average Bonchev–Trinajstić information content (AvgIpc) is 2.46. The monoisotopic (exact) mass is 348 g/mol. The number of carbonyl (C=O) groups is 2. The van der Waals surface area contributed by atoms with E-state index in [0.717, 1.165) is 5.56 Å². The number of benzene rings is 1. The maximum Gasteiger partial charge on any atom is 0.303 e. The van der Waals surface area contributed by atoms with Crippen LogP contribution in [0.5, 0.6) is 0 Å². The number of hydrogen-bond acceptors (Lipinski definition) is 3. The lowest BCUT2D eigenvalue weighted by molar-refractivity contribution is -0.136. The fourth-order valence-corrected chi connectivity index (χ4v) is 2.00. The fraction of sp³-hybridized carbons (Fsp3) is 0.133. The molecular weight excluding hydrogens is 336 g/mol. The Labute approximate surface area is 130 Å². The van der Waals surface area contributed by atoms with Gasteiger partial charge in [-0.1, -0.05) is 12.1 Å². The highest BCUT2D eigenvalue weighted by molar-refractivity contribution is 9.10. The molecule has 0 saturated carbocycles. The number of anilines is 1. The Hall–Kier alpha value is -2.21. The number of carboxylic acid groups (broad SMARTS) is 1. The minimum absolute atomic E-state index is 0.0635. The zero-order valence-corrected chi connectivity index (χ0v) is 12.6. The third kappa shape index (κ3) is 4.68. The van der Waals surface area contributed by atoms with Gasteiger partial charge in [-0.2, -0.15) is 0 Å². The number of rotatable bonds is 5. The van der Waals surface area contributed by atoms with Crippen LogP contribution in [0, 0.1) is 0 Å². The maximum absolute atomic E-state index is 12.0. The molecule has 1 amide bonds. The minimum atomic E-state index is -0.842. The van der Waals surface area contributed by atoms with E-state index < -0.39 is 5.97 Å². The van der Waals surface area contributed by atoms with E-state index in [0.29, 0.717) is 22.3 Å². The summed E-state index contributed by atoms with van der Waals surface area (Å²) in [6.07, 6.45) is 1.97. The normalized spacial score (nSPS) is 10.1. The van der Waals surface area contributed by atoms with Crippen molar-refractivity contribution in [2.24, 2.45) is 0 Å². The predicted octanol–water partition coefficient (Wildman–Crippen LogP) is 3.11. The third-order valence-corrected chi connectivity index (χ3v) is 3.27. The summed E-state index contributed by atoms with van der Waals surface area (Å²) >= 11 is 3.21. The molecule has 1 aromatic carbocycles. The summed E-state index contributed by atoms with van der Waals surface area (Å²) in [5.41, 5.74) is 1.95. The van der Waals surface area contributed by atoms with Gasteiger partial charge >= 0.3 is 5.97 Å². The van der Waals surface area contributed by atoms with Crippen molar-refractivity contribution >= 4 is 33.5 Å². The largest absolute Gasteiger partial charge is 0.481 e. The van der Waals surface area contributed by atoms with Gasteiger partial charge in [-0.3, -0.25) is 9.59 Å². The molecular formula is C15H13BrN2O3. The highest BCUT2D eigenvalue weighted by atomic mass is 79.9. The molecule has 0 unspecified atom stereocenters. The van der Waals surface area contributed by atoms with Crippen LogP contribution in [0.15, 0.2) is 47.2 Å². The summed E-state index contributed by atoms with van der Waals surface area (Å²) in [7, 11) is 0. The predicted molar refractivity (Wildman–Crippen MR) is 82.3 cm³/mol. The second kappa shape index (κ2) is 6.99. The highest BCUT2D eigenvalue weighted by Gasteiger charge is 2.07. The smallest absolute Gasteiger partial charge is 0.303 e. The Bertz CT molecular complexity index is 656. The molecule has 0 saturated heterocycles.